The van der Waals surface area contributed by atoms with Crippen molar-refractivity contribution in [3.63, 3.8) is 0 Å². The third-order valence-corrected chi connectivity index (χ3v) is 1.04. The molecule has 0 aromatic carbocycles. The van der Waals surface area contributed by atoms with Crippen LogP contribution in [0.15, 0.2) is 0 Å². The van der Waals surface area contributed by atoms with Gasteiger partial charge < -0.3 is 5.73 Å². The monoisotopic (exact) mass is 189 g/mol. The van der Waals surface area contributed by atoms with Gasteiger partial charge in [-0.2, -0.15) is 8.42 Å². The molecule has 0 unspecified atom stereocenters. The Morgan fingerprint density at radius 1 is 1.50 bits per heavy atom. The van der Waals surface area contributed by atoms with Crippen LogP contribution in [0.25, 0.3) is 0 Å². The van der Waals surface area contributed by atoms with Gasteiger partial charge in [0.1, 0.15) is 0 Å². The van der Waals surface area contributed by atoms with Gasteiger partial charge in [0.15, 0.2) is 0 Å². The lowest BCUT2D eigenvalue weighted by atomic mass is 10.8. The topological polar surface area (TPSA) is 69.4 Å². The normalized spacial score (nSPS) is 10.0. The van der Waals surface area contributed by atoms with E-state index in [-0.39, 0.29) is 6.61 Å². The number of nitrogens with two attached hydrogens (primary N) is 1. The Balaban J connectivity index is 0. The molecule has 0 spiro atoms. The van der Waals surface area contributed by atoms with E-state index >= 15 is 0 Å². The summed E-state index contributed by atoms with van der Waals surface area (Å²) in [5.41, 5.74) is 4.85. The van der Waals surface area contributed by atoms with Gasteiger partial charge in [-0.3, -0.25) is 4.18 Å². The highest BCUT2D eigenvalue weighted by Crippen LogP contribution is 1.95. The first-order chi connectivity index (χ1) is 4.47. The lowest BCUT2D eigenvalue weighted by Gasteiger charge is -1.87. The fraction of sp³-hybridized carbons (Fsp3) is 1.00. The van der Waals surface area contributed by atoms with Crippen molar-refractivity contribution in [1.82, 2.24) is 0 Å². The van der Waals surface area contributed by atoms with Crippen LogP contribution in [0.1, 0.15) is 13.8 Å². The second-order valence-corrected chi connectivity index (χ2v) is 3.36. The number of rotatable bonds is 2. The second kappa shape index (κ2) is 7.27. The summed E-state index contributed by atoms with van der Waals surface area (Å²) in [7, 11) is 0.881. The highest BCUT2D eigenvalue weighted by atomic mass is 35.7. The van der Waals surface area contributed by atoms with Gasteiger partial charge in [-0.05, 0) is 13.5 Å². The number of hydrogen-bond donors (Lipinski definition) is 1. The minimum absolute atomic E-state index is 0.0891. The van der Waals surface area contributed by atoms with E-state index in [0.717, 1.165) is 6.54 Å². The van der Waals surface area contributed by atoms with E-state index in [1.54, 1.807) is 6.92 Å². The van der Waals surface area contributed by atoms with Crippen molar-refractivity contribution in [2.75, 3.05) is 13.2 Å². The van der Waals surface area contributed by atoms with Gasteiger partial charge >= 0.3 is 9.33 Å². The van der Waals surface area contributed by atoms with Crippen LogP contribution in [0, 0.1) is 0 Å². The minimum Gasteiger partial charge on any atom is -0.331 e. The van der Waals surface area contributed by atoms with Crippen molar-refractivity contribution in [3.05, 3.63) is 0 Å². The van der Waals surface area contributed by atoms with Crippen LogP contribution in [-0.2, 0) is 13.5 Å². The molecular formula is C4H12ClNO3S. The quantitative estimate of drug-likeness (QED) is 0.642. The summed E-state index contributed by atoms with van der Waals surface area (Å²) in [6.07, 6.45) is 0. The fourth-order valence-electron chi connectivity index (χ4n) is 0.141. The summed E-state index contributed by atoms with van der Waals surface area (Å²) in [6, 6.07) is 0. The van der Waals surface area contributed by atoms with Crippen molar-refractivity contribution < 1.29 is 12.6 Å². The molecule has 0 aliphatic carbocycles. The zero-order valence-electron chi connectivity index (χ0n) is 6.00. The smallest absolute Gasteiger partial charge is 0.331 e. The fourth-order valence-corrected chi connectivity index (χ4v) is 0.690. The van der Waals surface area contributed by atoms with E-state index in [4.69, 9.17) is 5.73 Å². The summed E-state index contributed by atoms with van der Waals surface area (Å²) in [6.45, 7) is 4.28. The summed E-state index contributed by atoms with van der Waals surface area (Å²) in [5, 5.41) is 0. The predicted molar refractivity (Wildman–Crippen MR) is 41.1 cm³/mol. The molecule has 10 heavy (non-hydrogen) atoms. The van der Waals surface area contributed by atoms with Gasteiger partial charge in [0.25, 0.3) is 0 Å². The summed E-state index contributed by atoms with van der Waals surface area (Å²) >= 11 is 0. The molecule has 0 rings (SSSR count). The SMILES string of the molecule is CCN.CCOS(=O)(=O)Cl. The van der Waals surface area contributed by atoms with E-state index < -0.39 is 9.33 Å². The van der Waals surface area contributed by atoms with Gasteiger partial charge in [0, 0.05) is 10.7 Å². The van der Waals surface area contributed by atoms with Gasteiger partial charge in [0.05, 0.1) is 6.61 Å². The summed E-state index contributed by atoms with van der Waals surface area (Å²) < 4.78 is 23.5. The lowest BCUT2D eigenvalue weighted by Crippen LogP contribution is -1.94. The Morgan fingerprint density at radius 2 is 1.80 bits per heavy atom. The van der Waals surface area contributed by atoms with E-state index in [9.17, 15) is 8.42 Å². The Morgan fingerprint density at radius 3 is 1.80 bits per heavy atom. The van der Waals surface area contributed by atoms with Gasteiger partial charge in [-0.15, -0.1) is 0 Å². The van der Waals surface area contributed by atoms with Crippen molar-refractivity contribution in [1.29, 1.82) is 0 Å². The Hall–Kier alpha value is 0.160. The first-order valence-corrected chi connectivity index (χ1v) is 5.00. The molecule has 0 aliphatic heterocycles. The van der Waals surface area contributed by atoms with E-state index in [1.807, 2.05) is 6.92 Å². The maximum absolute atomic E-state index is 9.77. The molecular weight excluding hydrogens is 178 g/mol. The van der Waals surface area contributed by atoms with Gasteiger partial charge in [0.2, 0.25) is 0 Å². The molecule has 4 nitrogen and oxygen atoms in total. The predicted octanol–water partition coefficient (Wildman–Crippen LogP) is 0.472. The molecule has 0 bridgehead atoms. The lowest BCUT2D eigenvalue weighted by molar-refractivity contribution is 0.349. The Labute approximate surface area is 65.9 Å². The average Bonchev–Trinajstić information content (AvgIpc) is 1.63. The zero-order chi connectivity index (χ0) is 8.62. The van der Waals surface area contributed by atoms with Crippen molar-refractivity contribution in [2.45, 2.75) is 13.8 Å². The largest absolute Gasteiger partial charge is 0.355 e. The molecule has 0 atom stereocenters. The Bertz CT molecular complexity index is 145. The van der Waals surface area contributed by atoms with Crippen LogP contribution < -0.4 is 5.73 Å². The molecule has 2 N–H and O–H groups in total. The summed E-state index contributed by atoms with van der Waals surface area (Å²) in [5.74, 6) is 0. The molecule has 0 aliphatic rings. The molecule has 0 fully saturated rings. The maximum Gasteiger partial charge on any atom is 0.355 e. The molecule has 0 saturated heterocycles. The first kappa shape index (κ1) is 12.8. The number of hydrogen-bond acceptors (Lipinski definition) is 4. The molecule has 6 heteroatoms. The third-order valence-electron chi connectivity index (χ3n) is 0.259. The molecule has 64 valence electrons. The van der Waals surface area contributed by atoms with Crippen molar-refractivity contribution in [3.8, 4) is 0 Å². The molecule has 0 heterocycles. The third kappa shape index (κ3) is 24.2. The molecule has 0 radical (unpaired) electrons. The van der Waals surface area contributed by atoms with Crippen molar-refractivity contribution >= 4 is 20.0 Å². The highest BCUT2D eigenvalue weighted by molar-refractivity contribution is 8.09. The summed E-state index contributed by atoms with van der Waals surface area (Å²) in [4.78, 5) is 0. The molecule has 0 amide bonds. The Kier molecular flexibility index (Phi) is 9.31. The highest BCUT2D eigenvalue weighted by Gasteiger charge is 1.99. The van der Waals surface area contributed by atoms with E-state index in [0.29, 0.717) is 0 Å². The standard InChI is InChI=1S/C2H5ClO3S.C2H7N/c1-2-6-7(3,4)5;1-2-3/h2H2,1H3;2-3H2,1H3. The van der Waals surface area contributed by atoms with Crippen molar-refractivity contribution in [2.24, 2.45) is 5.73 Å². The maximum atomic E-state index is 9.77. The van der Waals surface area contributed by atoms with E-state index in [2.05, 4.69) is 14.9 Å². The molecule has 0 aromatic rings. The van der Waals surface area contributed by atoms with Crippen LogP contribution in [0.3, 0.4) is 0 Å². The first-order valence-electron chi connectivity index (χ1n) is 2.77. The van der Waals surface area contributed by atoms with Crippen LogP contribution >= 0.6 is 10.7 Å². The average molecular weight is 190 g/mol. The van der Waals surface area contributed by atoms with Crippen LogP contribution in [0.4, 0.5) is 0 Å². The minimum atomic E-state index is -3.70. The van der Waals surface area contributed by atoms with Crippen LogP contribution in [0.2, 0.25) is 0 Å². The van der Waals surface area contributed by atoms with E-state index in [1.165, 1.54) is 0 Å². The van der Waals surface area contributed by atoms with Crippen LogP contribution in [-0.4, -0.2) is 21.6 Å². The number of halogens is 1. The van der Waals surface area contributed by atoms with Crippen LogP contribution in [0.5, 0.6) is 0 Å². The molecule has 0 saturated carbocycles. The second-order valence-electron chi connectivity index (χ2n) is 1.21. The van der Waals surface area contributed by atoms with Gasteiger partial charge in [-0.1, -0.05) is 6.92 Å². The van der Waals surface area contributed by atoms with Gasteiger partial charge in [-0.25, -0.2) is 0 Å². The zero-order valence-corrected chi connectivity index (χ0v) is 7.57. The molecule has 0 aromatic heterocycles.